The largest absolute Gasteiger partial charge is 0.501 e. The second-order valence-electron chi connectivity index (χ2n) is 5.09. The summed E-state index contributed by atoms with van der Waals surface area (Å²) in [6.07, 6.45) is 0.162. The van der Waals surface area contributed by atoms with E-state index in [9.17, 15) is 9.59 Å². The number of hydrogen-bond acceptors (Lipinski definition) is 6. The van der Waals surface area contributed by atoms with Crippen molar-refractivity contribution in [2.24, 2.45) is 0 Å². The zero-order valence-corrected chi connectivity index (χ0v) is 13.7. The van der Waals surface area contributed by atoms with Gasteiger partial charge in [-0.25, -0.2) is 0 Å². The lowest BCUT2D eigenvalue weighted by molar-refractivity contribution is -0.138. The van der Waals surface area contributed by atoms with E-state index in [1.165, 1.54) is 13.8 Å². The molecule has 1 unspecified atom stereocenters. The van der Waals surface area contributed by atoms with Gasteiger partial charge in [-0.1, -0.05) is 30.3 Å². The third-order valence-electron chi connectivity index (χ3n) is 3.11. The van der Waals surface area contributed by atoms with Gasteiger partial charge in [-0.05, 0) is 0 Å². The highest BCUT2D eigenvalue weighted by atomic mass is 28.4. The molecule has 120 valence electrons. The monoisotopic (exact) mass is 324 g/mol. The van der Waals surface area contributed by atoms with Crippen LogP contribution in [0.15, 0.2) is 30.3 Å². The average Bonchev–Trinajstić information content (AvgIpc) is 3.27. The van der Waals surface area contributed by atoms with E-state index in [2.05, 4.69) is 0 Å². The summed E-state index contributed by atoms with van der Waals surface area (Å²) in [6, 6.07) is 9.46. The molecule has 7 heteroatoms. The van der Waals surface area contributed by atoms with Crippen molar-refractivity contribution >= 4 is 25.7 Å². The minimum absolute atomic E-state index is 0.162. The molecule has 1 aromatic carbocycles. The number of carbonyl (C=O) groups is 2. The lowest BCUT2D eigenvalue weighted by Crippen LogP contribution is -2.56. The van der Waals surface area contributed by atoms with Gasteiger partial charge in [-0.15, -0.1) is 0 Å². The number of hydrogen-bond donors (Lipinski definition) is 0. The summed E-state index contributed by atoms with van der Waals surface area (Å²) in [5.74, 6) is -0.940. The van der Waals surface area contributed by atoms with Crippen LogP contribution in [0, 0.1) is 0 Å². The van der Waals surface area contributed by atoms with Gasteiger partial charge in [0.2, 0.25) is 0 Å². The molecule has 1 aliphatic rings. The van der Waals surface area contributed by atoms with Gasteiger partial charge < -0.3 is 18.3 Å². The van der Waals surface area contributed by atoms with Gasteiger partial charge in [-0.3, -0.25) is 9.59 Å². The van der Waals surface area contributed by atoms with E-state index in [1.807, 2.05) is 30.3 Å². The van der Waals surface area contributed by atoms with Crippen LogP contribution in [0.5, 0.6) is 0 Å². The van der Waals surface area contributed by atoms with Crippen molar-refractivity contribution in [1.29, 1.82) is 0 Å². The molecule has 0 bridgehead atoms. The van der Waals surface area contributed by atoms with E-state index in [1.54, 1.807) is 0 Å². The van der Waals surface area contributed by atoms with Crippen molar-refractivity contribution in [3.05, 3.63) is 30.3 Å². The van der Waals surface area contributed by atoms with E-state index in [0.717, 1.165) is 11.8 Å². The third-order valence-corrected chi connectivity index (χ3v) is 6.42. The fourth-order valence-corrected chi connectivity index (χ4v) is 4.94. The highest BCUT2D eigenvalue weighted by Crippen LogP contribution is 2.17. The first kappa shape index (κ1) is 16.7. The van der Waals surface area contributed by atoms with Crippen molar-refractivity contribution in [3.8, 4) is 0 Å². The second-order valence-corrected chi connectivity index (χ2v) is 8.08. The number of rotatable bonds is 8. The van der Waals surface area contributed by atoms with Crippen molar-refractivity contribution in [2.75, 3.05) is 19.8 Å². The normalized spacial score (nSPS) is 16.9. The van der Waals surface area contributed by atoms with Crippen LogP contribution >= 0.6 is 0 Å². The van der Waals surface area contributed by atoms with Gasteiger partial charge in [0.1, 0.15) is 6.10 Å². The van der Waals surface area contributed by atoms with Gasteiger partial charge in [0, 0.05) is 25.1 Å². The lowest BCUT2D eigenvalue weighted by Gasteiger charge is -2.28. The molecule has 1 aromatic rings. The van der Waals surface area contributed by atoms with Gasteiger partial charge in [0.05, 0.1) is 19.8 Å². The molecule has 0 spiro atoms. The molecule has 1 atom stereocenters. The summed E-state index contributed by atoms with van der Waals surface area (Å²) < 4.78 is 21.6. The van der Waals surface area contributed by atoms with E-state index >= 15 is 0 Å². The van der Waals surface area contributed by atoms with E-state index < -0.39 is 20.5 Å². The lowest BCUT2D eigenvalue weighted by atomic mass is 10.4. The highest BCUT2D eigenvalue weighted by Gasteiger charge is 2.46. The van der Waals surface area contributed by atoms with Crippen LogP contribution in [0.4, 0.5) is 0 Å². The number of carbonyl (C=O) groups excluding carboxylic acids is 2. The molecule has 22 heavy (non-hydrogen) atoms. The molecule has 0 aromatic heterocycles. The van der Waals surface area contributed by atoms with Crippen molar-refractivity contribution < 1.29 is 27.9 Å². The standard InChI is InChI=1S/C15H20O6Si/c1-12(16)20-22(21-13(2)17,15-6-4-3-5-7-15)9-8-18-10-14-11-19-14/h3-7,14H,8-11H2,1-2H3. The molecule has 1 aliphatic heterocycles. The fraction of sp³-hybridized carbons (Fsp3) is 0.467. The average molecular weight is 324 g/mol. The first-order chi connectivity index (χ1) is 10.5. The number of ether oxygens (including phenoxy) is 2. The van der Waals surface area contributed by atoms with Crippen LogP contribution in [-0.2, 0) is 27.9 Å². The highest BCUT2D eigenvalue weighted by molar-refractivity contribution is 6.83. The van der Waals surface area contributed by atoms with Crippen molar-refractivity contribution in [3.63, 3.8) is 0 Å². The Morgan fingerprint density at radius 1 is 1.18 bits per heavy atom. The predicted molar refractivity (Wildman–Crippen MR) is 80.7 cm³/mol. The maximum Gasteiger partial charge on any atom is 0.501 e. The first-order valence-corrected chi connectivity index (χ1v) is 9.18. The summed E-state index contributed by atoms with van der Waals surface area (Å²) in [5.41, 5.74) is 0. The third kappa shape index (κ3) is 4.94. The van der Waals surface area contributed by atoms with E-state index in [4.69, 9.17) is 18.3 Å². The van der Waals surface area contributed by atoms with Crippen molar-refractivity contribution in [2.45, 2.75) is 26.0 Å². The van der Waals surface area contributed by atoms with Gasteiger partial charge in [0.15, 0.2) is 0 Å². The van der Waals surface area contributed by atoms with Crippen LogP contribution in [0.3, 0.4) is 0 Å². The van der Waals surface area contributed by atoms with Crippen LogP contribution in [0.2, 0.25) is 6.04 Å². The summed E-state index contributed by atoms with van der Waals surface area (Å²) in [6.45, 7) is 4.18. The van der Waals surface area contributed by atoms with Gasteiger partial charge >= 0.3 is 8.56 Å². The van der Waals surface area contributed by atoms with Crippen molar-refractivity contribution in [1.82, 2.24) is 0 Å². The first-order valence-electron chi connectivity index (χ1n) is 7.16. The summed E-state index contributed by atoms with van der Waals surface area (Å²) >= 11 is 0. The van der Waals surface area contributed by atoms with E-state index in [0.29, 0.717) is 19.3 Å². The molecule has 0 saturated carbocycles. The quantitative estimate of drug-likeness (QED) is 0.401. The maximum atomic E-state index is 11.5. The molecular weight excluding hydrogens is 304 g/mol. The Balaban J connectivity index is 2.14. The van der Waals surface area contributed by atoms with Crippen LogP contribution < -0.4 is 5.19 Å². The molecule has 2 rings (SSSR count). The Hall–Kier alpha value is -1.70. The van der Waals surface area contributed by atoms with Crippen LogP contribution in [-0.4, -0.2) is 46.4 Å². The molecule has 1 heterocycles. The summed E-state index contributed by atoms with van der Waals surface area (Å²) in [7, 11) is -3.21. The summed E-state index contributed by atoms with van der Waals surface area (Å²) in [4.78, 5) is 23.1. The molecular formula is C15H20O6Si. The Morgan fingerprint density at radius 3 is 2.27 bits per heavy atom. The predicted octanol–water partition coefficient (Wildman–Crippen LogP) is 0.877. The Kier molecular flexibility index (Phi) is 5.70. The molecule has 0 amide bonds. The smallest absolute Gasteiger partial charge is 0.482 e. The zero-order valence-electron chi connectivity index (χ0n) is 12.7. The van der Waals surface area contributed by atoms with Gasteiger partial charge in [0.25, 0.3) is 11.9 Å². The minimum Gasteiger partial charge on any atom is -0.482 e. The number of epoxide rings is 1. The van der Waals surface area contributed by atoms with Crippen LogP contribution in [0.25, 0.3) is 0 Å². The van der Waals surface area contributed by atoms with Gasteiger partial charge in [-0.2, -0.15) is 0 Å². The number of benzene rings is 1. The topological polar surface area (TPSA) is 74.4 Å². The van der Waals surface area contributed by atoms with Crippen LogP contribution in [0.1, 0.15) is 13.8 Å². The molecule has 1 saturated heterocycles. The molecule has 6 nitrogen and oxygen atoms in total. The second kappa shape index (κ2) is 7.53. The molecule has 0 N–H and O–H groups in total. The molecule has 1 fully saturated rings. The zero-order chi connectivity index (χ0) is 16.0. The minimum atomic E-state index is -3.21. The fourth-order valence-electron chi connectivity index (χ4n) is 2.13. The molecule has 0 aliphatic carbocycles. The maximum absolute atomic E-state index is 11.5. The van der Waals surface area contributed by atoms with E-state index in [-0.39, 0.29) is 6.10 Å². The Morgan fingerprint density at radius 2 is 1.77 bits per heavy atom. The SMILES string of the molecule is CC(=O)O[Si](CCOCC1CO1)(OC(C)=O)c1ccccc1. The molecule has 0 radical (unpaired) electrons. The summed E-state index contributed by atoms with van der Waals surface area (Å²) in [5, 5.41) is 0.728. The Bertz CT molecular complexity index is 498. The Labute approximate surface area is 130 Å².